The van der Waals surface area contributed by atoms with Crippen LogP contribution in [-0.4, -0.2) is 0 Å². The fourth-order valence-corrected chi connectivity index (χ4v) is 11.2. The van der Waals surface area contributed by atoms with Crippen LogP contribution in [0.5, 0.6) is 0 Å². The fourth-order valence-electron chi connectivity index (χ4n) is 8.18. The predicted molar refractivity (Wildman–Crippen MR) is 248 cm³/mol. The van der Waals surface area contributed by atoms with Crippen molar-refractivity contribution in [1.82, 2.24) is 0 Å². The molecule has 282 valence electrons. The van der Waals surface area contributed by atoms with Gasteiger partial charge in [0.05, 0.1) is 16.7 Å². The van der Waals surface area contributed by atoms with E-state index in [1.807, 2.05) is 95.7 Å². The first-order chi connectivity index (χ1) is 29.1. The maximum atomic E-state index is 16.0. The normalized spacial score (nSPS) is 14.5. The summed E-state index contributed by atoms with van der Waals surface area (Å²) in [5.41, 5.74) is 13.5. The Bertz CT molecular complexity index is 2820. The van der Waals surface area contributed by atoms with Crippen molar-refractivity contribution in [2.75, 3.05) is 14.2 Å². The second-order valence-corrected chi connectivity index (χ2v) is 17.0. The molecule has 0 bridgehead atoms. The number of fused-ring (bicyclic) bond motifs is 1. The van der Waals surface area contributed by atoms with Crippen molar-refractivity contribution in [1.29, 1.82) is 0 Å². The molecule has 4 nitrogen and oxygen atoms in total. The molecule has 1 aliphatic heterocycles. The van der Waals surface area contributed by atoms with E-state index in [9.17, 15) is 0 Å². The average molecular weight is 778 g/mol. The van der Waals surface area contributed by atoms with Gasteiger partial charge in [0, 0.05) is 28.4 Å². The summed E-state index contributed by atoms with van der Waals surface area (Å²) in [7, 11) is -3.46. The van der Waals surface area contributed by atoms with E-state index in [-0.39, 0.29) is 0 Å². The van der Waals surface area contributed by atoms with Crippen molar-refractivity contribution >= 4 is 52.6 Å². The molecule has 1 atom stereocenters. The topological polar surface area (TPSA) is 26.8 Å². The zero-order valence-electron chi connectivity index (χ0n) is 32.3. The summed E-state index contributed by atoms with van der Waals surface area (Å²) >= 11 is 0. The van der Waals surface area contributed by atoms with E-state index in [4.69, 9.17) is 0 Å². The Balaban J connectivity index is 1.09. The van der Waals surface area contributed by atoms with Crippen molar-refractivity contribution in [3.05, 3.63) is 243 Å². The van der Waals surface area contributed by atoms with E-state index >= 15 is 4.57 Å². The predicted octanol–water partition coefficient (Wildman–Crippen LogP) is 15.0. The number of hydrogen-bond donors (Lipinski definition) is 0. The van der Waals surface area contributed by atoms with E-state index in [1.54, 1.807) is 0 Å². The maximum absolute atomic E-state index is 16.0. The van der Waals surface area contributed by atoms with Gasteiger partial charge in [0.25, 0.3) is 0 Å². The Labute approximate surface area is 346 Å². The third-order valence-electron chi connectivity index (χ3n) is 10.9. The van der Waals surface area contributed by atoms with Crippen LogP contribution in [0.1, 0.15) is 0 Å². The highest BCUT2D eigenvalue weighted by atomic mass is 31.2. The molecule has 9 aromatic carbocycles. The van der Waals surface area contributed by atoms with Gasteiger partial charge >= 0.3 is 7.44 Å². The molecule has 0 spiro atoms. The van der Waals surface area contributed by atoms with Crippen LogP contribution in [0.15, 0.2) is 243 Å². The molecule has 0 N–H and O–H groups in total. The summed E-state index contributed by atoms with van der Waals surface area (Å²) in [5, 5.41) is 0.766. The molecule has 0 fully saturated rings. The first-order valence-corrected chi connectivity index (χ1v) is 21.5. The minimum absolute atomic E-state index is 0.766. The van der Waals surface area contributed by atoms with Crippen LogP contribution in [0.2, 0.25) is 0 Å². The quantitative estimate of drug-likeness (QED) is 0.136. The monoisotopic (exact) mass is 777 g/mol. The highest BCUT2D eigenvalue weighted by Crippen LogP contribution is 2.70. The molecule has 1 unspecified atom stereocenters. The number of nitrogens with zero attached hydrogens (tertiary/aromatic N) is 3. The van der Waals surface area contributed by atoms with Gasteiger partial charge in [0.15, 0.2) is 0 Å². The van der Waals surface area contributed by atoms with Crippen molar-refractivity contribution in [3.63, 3.8) is 0 Å². The summed E-state index contributed by atoms with van der Waals surface area (Å²) in [6, 6.07) is 83.9. The van der Waals surface area contributed by atoms with Gasteiger partial charge in [-0.05, 0) is 118 Å². The van der Waals surface area contributed by atoms with Crippen LogP contribution in [0.4, 0.5) is 39.8 Å². The number of para-hydroxylation sites is 2. The summed E-state index contributed by atoms with van der Waals surface area (Å²) < 4.78 is 20.2. The first-order valence-electron chi connectivity index (χ1n) is 19.9. The fraction of sp³-hybridized carbons (Fsp3) is 0. The molecule has 0 saturated carbocycles. The van der Waals surface area contributed by atoms with Crippen molar-refractivity contribution in [2.24, 2.45) is 0 Å². The molecule has 0 saturated heterocycles. The van der Waals surface area contributed by atoms with Crippen LogP contribution < -0.4 is 19.5 Å². The molecule has 10 rings (SSSR count). The Morgan fingerprint density at radius 1 is 0.305 bits per heavy atom. The van der Waals surface area contributed by atoms with Gasteiger partial charge in [0.1, 0.15) is 0 Å². The van der Waals surface area contributed by atoms with Gasteiger partial charge in [-0.15, -0.1) is 0 Å². The van der Waals surface area contributed by atoms with Crippen LogP contribution in [0.3, 0.4) is 0 Å². The Kier molecular flexibility index (Phi) is 9.46. The van der Waals surface area contributed by atoms with Crippen molar-refractivity contribution in [3.8, 4) is 33.4 Å². The van der Waals surface area contributed by atoms with E-state index in [2.05, 4.69) is 161 Å². The van der Waals surface area contributed by atoms with E-state index in [0.717, 1.165) is 67.4 Å². The molecular weight excluding hydrogens is 738 g/mol. The Morgan fingerprint density at radius 3 is 1.20 bits per heavy atom. The summed E-state index contributed by atoms with van der Waals surface area (Å²) in [4.78, 5) is 2.33. The average Bonchev–Trinajstić information content (AvgIpc) is 3.59. The maximum Gasteiger partial charge on any atom is 0.301 e. The molecule has 0 amide bonds. The summed E-state index contributed by atoms with van der Waals surface area (Å²) in [6.07, 6.45) is 0. The first kappa shape index (κ1) is 36.0. The lowest BCUT2D eigenvalue weighted by molar-refractivity contribution is 0.582. The van der Waals surface area contributed by atoms with Gasteiger partial charge in [-0.1, -0.05) is 158 Å². The number of benzene rings is 9. The molecule has 1 heterocycles. The zero-order valence-corrected chi connectivity index (χ0v) is 33.2. The second-order valence-electron chi connectivity index (χ2n) is 14.6. The van der Waals surface area contributed by atoms with Gasteiger partial charge in [-0.2, -0.15) is 0 Å². The van der Waals surface area contributed by atoms with Gasteiger partial charge in [0.2, 0.25) is 0 Å². The molecule has 0 radical (unpaired) electrons. The van der Waals surface area contributed by atoms with Gasteiger partial charge in [-0.25, -0.2) is 0 Å². The third-order valence-corrected chi connectivity index (χ3v) is 13.9. The minimum Gasteiger partial charge on any atom is -0.310 e. The number of hydrogen-bond acceptors (Lipinski definition) is 2. The summed E-state index contributed by atoms with van der Waals surface area (Å²) in [5.74, 6) is 0. The Morgan fingerprint density at radius 2 is 0.695 bits per heavy atom. The smallest absolute Gasteiger partial charge is 0.301 e. The number of rotatable bonds is 9. The lowest BCUT2D eigenvalue weighted by atomic mass is 10.0. The lowest BCUT2D eigenvalue weighted by Gasteiger charge is -2.33. The van der Waals surface area contributed by atoms with Crippen LogP contribution >= 0.6 is 7.44 Å². The van der Waals surface area contributed by atoms with Crippen LogP contribution in [0.25, 0.3) is 33.4 Å². The van der Waals surface area contributed by atoms with Crippen LogP contribution in [-0.2, 0) is 4.57 Å². The van der Waals surface area contributed by atoms with E-state index < -0.39 is 7.44 Å². The molecule has 0 aromatic heterocycles. The molecule has 0 aliphatic carbocycles. The van der Waals surface area contributed by atoms with E-state index in [1.165, 1.54) is 11.1 Å². The zero-order chi connectivity index (χ0) is 39.6. The van der Waals surface area contributed by atoms with Crippen molar-refractivity contribution < 1.29 is 4.57 Å². The molecule has 5 heteroatoms. The van der Waals surface area contributed by atoms with Gasteiger partial charge in [-0.3, -0.25) is 13.9 Å². The van der Waals surface area contributed by atoms with Crippen molar-refractivity contribution in [2.45, 2.75) is 0 Å². The highest BCUT2D eigenvalue weighted by Gasteiger charge is 2.49. The van der Waals surface area contributed by atoms with E-state index in [0.29, 0.717) is 0 Å². The third kappa shape index (κ3) is 6.70. The van der Waals surface area contributed by atoms with Gasteiger partial charge < -0.3 is 4.90 Å². The lowest BCUT2D eigenvalue weighted by Crippen LogP contribution is -2.26. The molecule has 59 heavy (non-hydrogen) atoms. The Hall–Kier alpha value is -7.39. The molecule has 9 aromatic rings. The SMILES string of the molecule is O=P1(c2ccccc2)N(c2ccccc2)c2ccc(-c3ccc(N(c4cccc(-c5ccccc5)c4)c4cccc(-c5ccccc5)c4)cc3)cc2N1c1ccccc1. The summed E-state index contributed by atoms with van der Waals surface area (Å²) in [6.45, 7) is 0. The number of anilines is 7. The minimum atomic E-state index is -3.46. The highest BCUT2D eigenvalue weighted by molar-refractivity contribution is 7.76. The van der Waals surface area contributed by atoms with Crippen LogP contribution in [0, 0.1) is 0 Å². The standard InChI is InChI=1S/C54H40N3OP/c58-59(52-30-14-5-15-31-52)56(48-24-10-3-11-25-48)53-37-34-46(40-54(53)57(59)49-26-12-4-13-27-49)43-32-35-47(36-33-43)55(50-28-16-22-44(38-50)41-18-6-1-7-19-41)51-29-17-23-45(39-51)42-20-8-2-9-21-42/h1-40H. The second kappa shape index (κ2) is 15.5. The largest absolute Gasteiger partial charge is 0.310 e. The molecular formula is C54H40N3OP. The molecule has 1 aliphatic rings.